The van der Waals surface area contributed by atoms with Gasteiger partial charge in [-0.1, -0.05) is 44.2 Å². The van der Waals surface area contributed by atoms with Gasteiger partial charge in [-0.15, -0.1) is 0 Å². The monoisotopic (exact) mass is 286 g/mol. The summed E-state index contributed by atoms with van der Waals surface area (Å²) in [6.07, 6.45) is 4.29. The highest BCUT2D eigenvalue weighted by molar-refractivity contribution is 5.84. The van der Waals surface area contributed by atoms with Crippen LogP contribution in [-0.4, -0.2) is 29.6 Å². The fraction of sp³-hybridized carbons (Fsp3) is 0.611. The number of rotatable bonds is 4. The van der Waals surface area contributed by atoms with E-state index in [1.807, 2.05) is 6.07 Å². The summed E-state index contributed by atoms with van der Waals surface area (Å²) >= 11 is 0. The Kier molecular flexibility index (Phi) is 4.29. The van der Waals surface area contributed by atoms with E-state index >= 15 is 0 Å². The van der Waals surface area contributed by atoms with Crippen molar-refractivity contribution in [3.05, 3.63) is 35.9 Å². The molecule has 1 N–H and O–H groups in total. The van der Waals surface area contributed by atoms with Crippen molar-refractivity contribution >= 4 is 5.91 Å². The fourth-order valence-corrected chi connectivity index (χ4v) is 3.81. The standard InChI is InChI=1S/C18H26N2O/c1-13-8-11-17(14(13)2)20-12-19-16(18(20)21)10-9-15-6-4-3-5-7-15/h3-7,13-14,16-17,19H,8-12H2,1-2H3. The lowest BCUT2D eigenvalue weighted by Gasteiger charge is -2.28. The van der Waals surface area contributed by atoms with Crippen LogP contribution < -0.4 is 5.32 Å². The third-order valence-electron chi connectivity index (χ3n) is 5.48. The molecule has 114 valence electrons. The Morgan fingerprint density at radius 3 is 2.62 bits per heavy atom. The number of benzene rings is 1. The van der Waals surface area contributed by atoms with E-state index in [0.717, 1.165) is 25.4 Å². The smallest absolute Gasteiger partial charge is 0.241 e. The maximum Gasteiger partial charge on any atom is 0.241 e. The second kappa shape index (κ2) is 6.18. The molecule has 3 rings (SSSR count). The van der Waals surface area contributed by atoms with E-state index in [2.05, 4.69) is 48.3 Å². The van der Waals surface area contributed by atoms with Crippen LogP contribution in [0.3, 0.4) is 0 Å². The number of aryl methyl sites for hydroxylation is 1. The summed E-state index contributed by atoms with van der Waals surface area (Å²) in [4.78, 5) is 14.7. The Labute approximate surface area is 127 Å². The summed E-state index contributed by atoms with van der Waals surface area (Å²) in [5, 5.41) is 3.42. The van der Waals surface area contributed by atoms with E-state index in [4.69, 9.17) is 0 Å². The quantitative estimate of drug-likeness (QED) is 0.923. The van der Waals surface area contributed by atoms with Gasteiger partial charge < -0.3 is 4.90 Å². The summed E-state index contributed by atoms with van der Waals surface area (Å²) in [6, 6.07) is 10.9. The first-order valence-corrected chi connectivity index (χ1v) is 8.24. The van der Waals surface area contributed by atoms with Crippen molar-refractivity contribution in [2.24, 2.45) is 11.8 Å². The fourth-order valence-electron chi connectivity index (χ4n) is 3.81. The maximum atomic E-state index is 12.6. The van der Waals surface area contributed by atoms with E-state index < -0.39 is 0 Å². The number of nitrogens with zero attached hydrogens (tertiary/aromatic N) is 1. The van der Waals surface area contributed by atoms with Gasteiger partial charge in [0.2, 0.25) is 5.91 Å². The van der Waals surface area contributed by atoms with Crippen molar-refractivity contribution in [1.29, 1.82) is 0 Å². The van der Waals surface area contributed by atoms with Crippen LogP contribution in [0.4, 0.5) is 0 Å². The van der Waals surface area contributed by atoms with Crippen molar-refractivity contribution in [3.63, 3.8) is 0 Å². The van der Waals surface area contributed by atoms with Gasteiger partial charge in [0, 0.05) is 6.04 Å². The lowest BCUT2D eigenvalue weighted by atomic mass is 9.96. The number of carbonyl (C=O) groups excluding carboxylic acids is 1. The third kappa shape index (κ3) is 2.98. The molecule has 0 aromatic heterocycles. The molecular formula is C18H26N2O. The number of hydrogen-bond acceptors (Lipinski definition) is 2. The second-order valence-electron chi connectivity index (χ2n) is 6.73. The Balaban J connectivity index is 1.57. The van der Waals surface area contributed by atoms with Crippen molar-refractivity contribution in [3.8, 4) is 0 Å². The lowest BCUT2D eigenvalue weighted by Crippen LogP contribution is -2.40. The molecule has 4 atom stereocenters. The first-order valence-electron chi connectivity index (χ1n) is 8.24. The van der Waals surface area contributed by atoms with E-state index in [1.165, 1.54) is 18.4 Å². The Morgan fingerprint density at radius 1 is 1.19 bits per heavy atom. The summed E-state index contributed by atoms with van der Waals surface area (Å²) in [5.74, 6) is 1.69. The molecule has 1 saturated heterocycles. The highest BCUT2D eigenvalue weighted by Gasteiger charge is 2.41. The lowest BCUT2D eigenvalue weighted by molar-refractivity contribution is -0.131. The molecule has 1 aromatic rings. The van der Waals surface area contributed by atoms with Gasteiger partial charge in [-0.05, 0) is 43.1 Å². The Hall–Kier alpha value is -1.35. The van der Waals surface area contributed by atoms with Gasteiger partial charge in [-0.25, -0.2) is 0 Å². The van der Waals surface area contributed by atoms with Gasteiger partial charge in [0.05, 0.1) is 12.7 Å². The molecule has 0 radical (unpaired) electrons. The average Bonchev–Trinajstić information content (AvgIpc) is 3.02. The zero-order valence-electron chi connectivity index (χ0n) is 13.1. The molecule has 2 fully saturated rings. The van der Waals surface area contributed by atoms with Crippen LogP contribution in [0.25, 0.3) is 0 Å². The molecule has 3 heteroatoms. The SMILES string of the molecule is CC1CCC(N2CNC(CCc3ccccc3)C2=O)C1C. The second-order valence-corrected chi connectivity index (χ2v) is 6.73. The molecule has 3 nitrogen and oxygen atoms in total. The topological polar surface area (TPSA) is 32.3 Å². The molecular weight excluding hydrogens is 260 g/mol. The minimum atomic E-state index is 0.00770. The normalized spacial score (nSPS) is 32.9. The van der Waals surface area contributed by atoms with Gasteiger partial charge in [0.25, 0.3) is 0 Å². The van der Waals surface area contributed by atoms with Crippen LogP contribution in [0.2, 0.25) is 0 Å². The Morgan fingerprint density at radius 2 is 1.95 bits per heavy atom. The van der Waals surface area contributed by atoms with Gasteiger partial charge >= 0.3 is 0 Å². The van der Waals surface area contributed by atoms with Crippen LogP contribution in [0.5, 0.6) is 0 Å². The summed E-state index contributed by atoms with van der Waals surface area (Å²) in [7, 11) is 0. The molecule has 4 unspecified atom stereocenters. The number of amides is 1. The van der Waals surface area contributed by atoms with Crippen molar-refractivity contribution < 1.29 is 4.79 Å². The minimum absolute atomic E-state index is 0.00770. The van der Waals surface area contributed by atoms with Gasteiger partial charge in [0.15, 0.2) is 0 Å². The zero-order valence-corrected chi connectivity index (χ0v) is 13.1. The number of hydrogen-bond donors (Lipinski definition) is 1. The predicted octanol–water partition coefficient (Wildman–Crippen LogP) is 2.81. The van der Waals surface area contributed by atoms with E-state index in [-0.39, 0.29) is 6.04 Å². The van der Waals surface area contributed by atoms with E-state index in [9.17, 15) is 4.79 Å². The minimum Gasteiger partial charge on any atom is -0.325 e. The summed E-state index contributed by atoms with van der Waals surface area (Å²) in [5.41, 5.74) is 1.31. The van der Waals surface area contributed by atoms with Crippen LogP contribution in [-0.2, 0) is 11.2 Å². The predicted molar refractivity (Wildman–Crippen MR) is 84.7 cm³/mol. The van der Waals surface area contributed by atoms with Crippen molar-refractivity contribution in [2.45, 2.75) is 51.6 Å². The molecule has 1 aliphatic carbocycles. The van der Waals surface area contributed by atoms with Gasteiger partial charge in [0.1, 0.15) is 0 Å². The first kappa shape index (κ1) is 14.6. The molecule has 1 aromatic carbocycles. The zero-order chi connectivity index (χ0) is 14.8. The largest absolute Gasteiger partial charge is 0.325 e. The van der Waals surface area contributed by atoms with Crippen molar-refractivity contribution in [2.75, 3.05) is 6.67 Å². The summed E-state index contributed by atoms with van der Waals surface area (Å²) < 4.78 is 0. The maximum absolute atomic E-state index is 12.6. The van der Waals surface area contributed by atoms with E-state index in [0.29, 0.717) is 17.9 Å². The average molecular weight is 286 g/mol. The van der Waals surface area contributed by atoms with Crippen molar-refractivity contribution in [1.82, 2.24) is 10.2 Å². The van der Waals surface area contributed by atoms with Crippen LogP contribution in [0.1, 0.15) is 38.7 Å². The van der Waals surface area contributed by atoms with Crippen LogP contribution in [0, 0.1) is 11.8 Å². The van der Waals surface area contributed by atoms with Gasteiger partial charge in [-0.3, -0.25) is 10.1 Å². The van der Waals surface area contributed by atoms with Crippen LogP contribution in [0.15, 0.2) is 30.3 Å². The third-order valence-corrected chi connectivity index (χ3v) is 5.48. The molecule has 0 spiro atoms. The molecule has 21 heavy (non-hydrogen) atoms. The molecule has 1 saturated carbocycles. The molecule has 0 bridgehead atoms. The molecule has 1 heterocycles. The Bertz CT molecular complexity index is 487. The molecule has 1 amide bonds. The summed E-state index contributed by atoms with van der Waals surface area (Å²) in [6.45, 7) is 5.35. The van der Waals surface area contributed by atoms with Gasteiger partial charge in [-0.2, -0.15) is 0 Å². The highest BCUT2D eigenvalue weighted by atomic mass is 16.2. The number of carbonyl (C=O) groups is 1. The highest BCUT2D eigenvalue weighted by Crippen LogP contribution is 2.35. The molecule has 1 aliphatic heterocycles. The number of nitrogens with one attached hydrogen (secondary N) is 1. The molecule has 2 aliphatic rings. The first-order chi connectivity index (χ1) is 10.2. The van der Waals surface area contributed by atoms with E-state index in [1.54, 1.807) is 0 Å². The van der Waals surface area contributed by atoms with Crippen LogP contribution >= 0.6 is 0 Å².